The summed E-state index contributed by atoms with van der Waals surface area (Å²) in [5.74, 6) is 1.71. The van der Waals surface area contributed by atoms with Gasteiger partial charge < -0.3 is 14.8 Å². The minimum absolute atomic E-state index is 0. The summed E-state index contributed by atoms with van der Waals surface area (Å²) in [4.78, 5) is 25.8. The fourth-order valence-electron chi connectivity index (χ4n) is 5.90. The number of methoxy groups -OCH3 is 1. The topological polar surface area (TPSA) is 55.4 Å². The molecule has 0 bridgehead atoms. The maximum absolute atomic E-state index is 12.9. The van der Waals surface area contributed by atoms with Crippen molar-refractivity contribution in [2.24, 2.45) is 11.8 Å². The Labute approximate surface area is 257 Å². The van der Waals surface area contributed by atoms with E-state index < -0.39 is 0 Å². The molecule has 1 heterocycles. The summed E-state index contributed by atoms with van der Waals surface area (Å²) >= 11 is 1.68. The number of Topliss-reactive ketones (excluding diaryl/α,β-unsaturated/α-hetero) is 1. The van der Waals surface area contributed by atoms with E-state index in [-0.39, 0.29) is 20.5 Å². The molecule has 0 aromatic carbocycles. The van der Waals surface area contributed by atoms with Crippen molar-refractivity contribution in [2.45, 2.75) is 125 Å². The van der Waals surface area contributed by atoms with Crippen molar-refractivity contribution in [3.05, 3.63) is 63.0 Å². The number of carbonyl (C=O) groups excluding carboxylic acids is 2. The zero-order valence-electron chi connectivity index (χ0n) is 26.8. The van der Waals surface area contributed by atoms with Crippen LogP contribution in [0.5, 0.6) is 0 Å². The highest BCUT2D eigenvalue weighted by Gasteiger charge is 2.25. The van der Waals surface area contributed by atoms with E-state index in [1.165, 1.54) is 80.1 Å². The molecule has 1 fully saturated rings. The van der Waals surface area contributed by atoms with Gasteiger partial charge in [-0.25, -0.2) is 0 Å². The number of aryl methyl sites for hydroxylation is 1. The number of allylic oxidation sites excluding steroid dienone is 4. The molecular formula is C36H59NO3S. The fraction of sp³-hybridized carbons (Fsp3) is 0.611. The zero-order chi connectivity index (χ0) is 30.4. The third kappa shape index (κ3) is 11.4. The average molecular weight is 586 g/mol. The molecule has 1 aromatic heterocycles. The summed E-state index contributed by atoms with van der Waals surface area (Å²) < 4.78 is 5.05. The summed E-state index contributed by atoms with van der Waals surface area (Å²) in [5, 5.41) is 5.33. The lowest BCUT2D eigenvalue weighted by Gasteiger charge is -2.26. The van der Waals surface area contributed by atoms with Crippen LogP contribution < -0.4 is 5.32 Å². The van der Waals surface area contributed by atoms with Crippen molar-refractivity contribution in [3.8, 4) is 0 Å². The number of amides is 1. The number of hydrogen-bond donors (Lipinski definition) is 1. The minimum Gasteiger partial charge on any atom is -0.496 e. The van der Waals surface area contributed by atoms with Crippen LogP contribution in [-0.4, -0.2) is 18.8 Å². The van der Waals surface area contributed by atoms with Gasteiger partial charge in [0.05, 0.1) is 12.0 Å². The lowest BCUT2D eigenvalue weighted by molar-refractivity contribution is -0.122. The van der Waals surface area contributed by atoms with E-state index in [2.05, 4.69) is 57.6 Å². The zero-order valence-corrected chi connectivity index (χ0v) is 27.6. The van der Waals surface area contributed by atoms with Gasteiger partial charge in [0.2, 0.25) is 5.91 Å². The Morgan fingerprint density at radius 3 is 2.34 bits per heavy atom. The first-order valence-corrected chi connectivity index (χ1v) is 16.6. The van der Waals surface area contributed by atoms with Gasteiger partial charge in [-0.15, -0.1) is 11.3 Å². The summed E-state index contributed by atoms with van der Waals surface area (Å²) in [6.45, 7) is 18.4. The molecule has 0 radical (unpaired) electrons. The molecule has 1 aromatic rings. The van der Waals surface area contributed by atoms with Gasteiger partial charge in [-0.1, -0.05) is 77.5 Å². The second-order valence-corrected chi connectivity index (χ2v) is 12.9. The number of thiophene rings is 1. The predicted molar refractivity (Wildman–Crippen MR) is 180 cm³/mol. The smallest absolute Gasteiger partial charge is 0.224 e. The van der Waals surface area contributed by atoms with Crippen molar-refractivity contribution < 1.29 is 17.2 Å². The van der Waals surface area contributed by atoms with Crippen LogP contribution in [-0.2, 0) is 14.3 Å². The van der Waals surface area contributed by atoms with Crippen molar-refractivity contribution in [2.75, 3.05) is 7.11 Å². The molecule has 41 heavy (non-hydrogen) atoms. The number of carbonyl (C=O) groups is 2. The number of hydrogen-bond acceptors (Lipinski definition) is 4. The highest BCUT2D eigenvalue weighted by Crippen LogP contribution is 2.38. The van der Waals surface area contributed by atoms with Crippen LogP contribution in [0.3, 0.4) is 0 Å². The van der Waals surface area contributed by atoms with Crippen molar-refractivity contribution in [1.29, 1.82) is 0 Å². The maximum atomic E-state index is 12.9. The normalized spacial score (nSPS) is 16.0. The molecule has 5 heteroatoms. The second kappa shape index (κ2) is 18.2. The van der Waals surface area contributed by atoms with Gasteiger partial charge >= 0.3 is 0 Å². The van der Waals surface area contributed by atoms with Gasteiger partial charge in [-0.05, 0) is 98.4 Å². The number of nitrogens with one attached hydrogen (secondary N) is 1. The molecule has 232 valence electrons. The molecule has 3 rings (SSSR count). The summed E-state index contributed by atoms with van der Waals surface area (Å²) in [6, 6.07) is 0. The van der Waals surface area contributed by atoms with E-state index in [1.807, 2.05) is 0 Å². The first kappa shape index (κ1) is 34.8. The Morgan fingerprint density at radius 1 is 1.07 bits per heavy atom. The molecule has 4 nitrogen and oxygen atoms in total. The van der Waals surface area contributed by atoms with Crippen molar-refractivity contribution in [3.63, 3.8) is 0 Å². The van der Waals surface area contributed by atoms with Gasteiger partial charge in [0.15, 0.2) is 0 Å². The molecule has 1 saturated carbocycles. The largest absolute Gasteiger partial charge is 0.496 e. The second-order valence-electron chi connectivity index (χ2n) is 12.0. The highest BCUT2D eigenvalue weighted by atomic mass is 32.1. The quantitative estimate of drug-likeness (QED) is 0.164. The molecule has 1 atom stereocenters. The van der Waals surface area contributed by atoms with E-state index in [0.29, 0.717) is 18.8 Å². The molecule has 2 aliphatic rings. The number of unbranched alkanes of at least 4 members (excludes halogenated alkanes) is 4. The van der Waals surface area contributed by atoms with Gasteiger partial charge in [0.1, 0.15) is 11.5 Å². The predicted octanol–water partition coefficient (Wildman–Crippen LogP) is 10.7. The highest BCUT2D eigenvalue weighted by molar-refractivity contribution is 7.11. The maximum Gasteiger partial charge on any atom is 0.224 e. The SMILES string of the molecule is C=C(C1=C(NC(=O)CC(CCCCCCC)CC(C)=O)C(C)=CC1)C1CCCCC1.C=C(OC)c1scc(C)c1C.[HH].[HH]. The van der Waals surface area contributed by atoms with Crippen LogP contribution in [0, 0.1) is 25.7 Å². The molecule has 1 unspecified atom stereocenters. The first-order valence-electron chi connectivity index (χ1n) is 15.8. The average Bonchev–Trinajstić information content (AvgIpc) is 3.48. The van der Waals surface area contributed by atoms with Crippen molar-refractivity contribution >= 4 is 28.8 Å². The fourth-order valence-corrected chi connectivity index (χ4v) is 6.93. The molecule has 2 aliphatic carbocycles. The minimum atomic E-state index is 0. The van der Waals surface area contributed by atoms with Gasteiger partial charge in [0.25, 0.3) is 0 Å². The summed E-state index contributed by atoms with van der Waals surface area (Å²) in [6.07, 6.45) is 17.4. The number of rotatable bonds is 15. The lowest BCUT2D eigenvalue weighted by atomic mass is 9.81. The number of ketones is 1. The van der Waals surface area contributed by atoms with Gasteiger partial charge in [0, 0.05) is 21.4 Å². The van der Waals surface area contributed by atoms with Crippen LogP contribution in [0.1, 0.15) is 130 Å². The Bertz CT molecular complexity index is 1110. The van der Waals surface area contributed by atoms with Gasteiger partial charge in [-0.2, -0.15) is 0 Å². The Morgan fingerprint density at radius 2 is 1.76 bits per heavy atom. The Hall–Kier alpha value is -2.40. The number of ether oxygens (including phenoxy) is 1. The molecular weight excluding hydrogens is 526 g/mol. The van der Waals surface area contributed by atoms with Crippen LogP contribution in [0.15, 0.2) is 47.0 Å². The standard InChI is InChI=1S/C27H43NO2.C9H12OS.2H2/c1-5-6-7-8-10-13-23(18-21(3)29)19-26(30)28-27-20(2)16-17-25(27)22(4)24-14-11-9-12-15-24;1-6-5-11-9(7(6)2)8(3)10-4;;/h16,23-24H,4-15,17-19H2,1-3H3,(H,28,30);5H,3H2,1-2,4H3;2*1H. The van der Waals surface area contributed by atoms with Crippen LogP contribution >= 0.6 is 11.3 Å². The third-order valence-electron chi connectivity index (χ3n) is 8.61. The monoisotopic (exact) mass is 585 g/mol. The van der Waals surface area contributed by atoms with E-state index in [0.717, 1.165) is 41.2 Å². The molecule has 0 aliphatic heterocycles. The molecule has 0 spiro atoms. The van der Waals surface area contributed by atoms with E-state index in [9.17, 15) is 9.59 Å². The molecule has 1 amide bonds. The molecule has 1 N–H and O–H groups in total. The van der Waals surface area contributed by atoms with Crippen LogP contribution in [0.25, 0.3) is 5.76 Å². The summed E-state index contributed by atoms with van der Waals surface area (Å²) in [7, 11) is 1.65. The van der Waals surface area contributed by atoms with Crippen LogP contribution in [0.2, 0.25) is 0 Å². The van der Waals surface area contributed by atoms with E-state index >= 15 is 0 Å². The third-order valence-corrected chi connectivity index (χ3v) is 9.85. The first-order chi connectivity index (χ1) is 19.6. The Balaban J connectivity index is 0.00000115. The lowest BCUT2D eigenvalue weighted by Crippen LogP contribution is -2.27. The van der Waals surface area contributed by atoms with Gasteiger partial charge in [-0.3, -0.25) is 4.79 Å². The molecule has 0 saturated heterocycles. The summed E-state index contributed by atoms with van der Waals surface area (Å²) in [5.41, 5.74) is 7.19. The van der Waals surface area contributed by atoms with E-state index in [1.54, 1.807) is 25.4 Å². The Kier molecular flexibility index (Phi) is 15.5. The van der Waals surface area contributed by atoms with E-state index in [4.69, 9.17) is 4.74 Å². The van der Waals surface area contributed by atoms with Crippen molar-refractivity contribution in [1.82, 2.24) is 5.32 Å². The van der Waals surface area contributed by atoms with Crippen LogP contribution in [0.4, 0.5) is 0 Å².